The van der Waals surface area contributed by atoms with Gasteiger partial charge in [0.15, 0.2) is 18.9 Å². The summed E-state index contributed by atoms with van der Waals surface area (Å²) in [6, 6.07) is -0.998. The average Bonchev–Trinajstić information content (AvgIpc) is 0.792. The molecule has 0 bridgehead atoms. The number of allylic oxidation sites excluding steroid dienone is 13. The minimum absolute atomic E-state index is 0.233. The Hall–Kier alpha value is -3.03. The maximum atomic E-state index is 13.5. The van der Waals surface area contributed by atoms with Gasteiger partial charge in [-0.25, -0.2) is 0 Å². The lowest BCUT2D eigenvalue weighted by Gasteiger charge is -2.48. The molecule has 3 rings (SSSR count). The van der Waals surface area contributed by atoms with Crippen molar-refractivity contribution in [2.75, 3.05) is 26.4 Å². The topological polar surface area (TPSA) is 307 Å². The zero-order chi connectivity index (χ0) is 73.2. The van der Waals surface area contributed by atoms with E-state index in [0.717, 1.165) is 70.6 Å². The second-order valence-corrected chi connectivity index (χ2v) is 28.5. The number of hydrogen-bond donors (Lipinski definition) is 12. The average molecular weight is 1430 g/mol. The third-order valence-electron chi connectivity index (χ3n) is 19.7. The van der Waals surface area contributed by atoms with Crippen LogP contribution in [0.2, 0.25) is 0 Å². The van der Waals surface area contributed by atoms with Gasteiger partial charge in [-0.2, -0.15) is 0 Å². The summed E-state index contributed by atoms with van der Waals surface area (Å²) >= 11 is 0. The predicted molar refractivity (Wildman–Crippen MR) is 401 cm³/mol. The second kappa shape index (κ2) is 62.1. The summed E-state index contributed by atoms with van der Waals surface area (Å²) in [5.41, 5.74) is 0. The highest BCUT2D eigenvalue weighted by Crippen LogP contribution is 2.33. The molecule has 1 amide bonds. The number of carbonyl (C=O) groups excluding carboxylic acids is 1. The van der Waals surface area contributed by atoms with Gasteiger partial charge in [0.2, 0.25) is 5.91 Å². The van der Waals surface area contributed by atoms with Gasteiger partial charge in [0.1, 0.15) is 73.2 Å². The Morgan fingerprint density at radius 1 is 0.366 bits per heavy atom. The first-order valence-electron chi connectivity index (χ1n) is 40.3. The molecule has 3 fully saturated rings. The molecule has 12 N–H and O–H groups in total. The van der Waals surface area contributed by atoms with Crippen LogP contribution in [0.15, 0.2) is 85.1 Å². The van der Waals surface area contributed by atoms with Crippen LogP contribution in [0.25, 0.3) is 0 Å². The van der Waals surface area contributed by atoms with Crippen molar-refractivity contribution in [3.8, 4) is 0 Å². The van der Waals surface area contributed by atoms with E-state index in [1.54, 1.807) is 6.08 Å². The van der Waals surface area contributed by atoms with E-state index < -0.39 is 124 Å². The zero-order valence-electron chi connectivity index (χ0n) is 62.6. The van der Waals surface area contributed by atoms with Gasteiger partial charge in [-0.3, -0.25) is 4.79 Å². The summed E-state index contributed by atoms with van der Waals surface area (Å²) in [4.78, 5) is 13.5. The molecule has 101 heavy (non-hydrogen) atoms. The second-order valence-electron chi connectivity index (χ2n) is 28.5. The van der Waals surface area contributed by atoms with Gasteiger partial charge in [-0.05, 0) is 83.5 Å². The van der Waals surface area contributed by atoms with Gasteiger partial charge >= 0.3 is 0 Å². The molecule has 0 aromatic rings. The number of amides is 1. The number of aliphatic hydroxyl groups excluding tert-OH is 11. The molecular weight excluding hydrogens is 1290 g/mol. The van der Waals surface area contributed by atoms with Crippen molar-refractivity contribution in [3.63, 3.8) is 0 Å². The quantitative estimate of drug-likeness (QED) is 0.0199. The number of nitrogens with one attached hydrogen (secondary N) is 1. The van der Waals surface area contributed by atoms with Crippen LogP contribution in [0, 0.1) is 0 Å². The summed E-state index contributed by atoms with van der Waals surface area (Å²) in [5.74, 6) is -0.287. The Morgan fingerprint density at radius 3 is 1.11 bits per heavy atom. The lowest BCUT2D eigenvalue weighted by atomic mass is 9.96. The fraction of sp³-hybridized carbons (Fsp3) is 0.817. The fourth-order valence-electron chi connectivity index (χ4n) is 13.2. The number of aliphatic hydroxyl groups is 11. The van der Waals surface area contributed by atoms with E-state index in [1.165, 1.54) is 193 Å². The molecule has 3 aliphatic heterocycles. The number of carbonyl (C=O) groups is 1. The van der Waals surface area contributed by atoms with E-state index in [0.29, 0.717) is 12.8 Å². The molecule has 3 aliphatic rings. The smallest absolute Gasteiger partial charge is 0.220 e. The summed E-state index contributed by atoms with van der Waals surface area (Å²) in [6.07, 6.45) is 56.0. The monoisotopic (exact) mass is 1430 g/mol. The molecule has 0 aromatic carbocycles. The molecule has 19 nitrogen and oxygen atoms in total. The van der Waals surface area contributed by atoms with Gasteiger partial charge < -0.3 is 89.9 Å². The van der Waals surface area contributed by atoms with Crippen molar-refractivity contribution >= 4 is 5.91 Å². The summed E-state index contributed by atoms with van der Waals surface area (Å²) < 4.78 is 34.4. The maximum absolute atomic E-state index is 13.5. The van der Waals surface area contributed by atoms with E-state index >= 15 is 0 Å². The molecular formula is C82H145NO18. The minimum Gasteiger partial charge on any atom is -0.394 e. The highest BCUT2D eigenvalue weighted by molar-refractivity contribution is 5.76. The van der Waals surface area contributed by atoms with E-state index in [-0.39, 0.29) is 18.9 Å². The molecule has 17 atom stereocenters. The van der Waals surface area contributed by atoms with Crippen LogP contribution in [-0.2, 0) is 33.2 Å². The highest BCUT2D eigenvalue weighted by atomic mass is 16.8. The number of unbranched alkanes of at least 4 members (excludes halogenated alkanes) is 35. The Morgan fingerprint density at radius 2 is 0.693 bits per heavy atom. The van der Waals surface area contributed by atoms with Crippen molar-refractivity contribution in [2.24, 2.45) is 0 Å². The van der Waals surface area contributed by atoms with Gasteiger partial charge in [0.25, 0.3) is 0 Å². The van der Waals surface area contributed by atoms with E-state index in [4.69, 9.17) is 28.4 Å². The normalized spacial score (nSPS) is 26.8. The predicted octanol–water partition coefficient (Wildman–Crippen LogP) is 13.4. The molecule has 3 heterocycles. The van der Waals surface area contributed by atoms with Crippen LogP contribution >= 0.6 is 0 Å². The molecule has 0 spiro atoms. The third-order valence-corrected chi connectivity index (χ3v) is 19.7. The third kappa shape index (κ3) is 42.2. The van der Waals surface area contributed by atoms with Gasteiger partial charge in [-0.1, -0.05) is 292 Å². The molecule has 0 aromatic heterocycles. The number of rotatable bonds is 63. The molecule has 0 aliphatic carbocycles. The fourth-order valence-corrected chi connectivity index (χ4v) is 13.2. The summed E-state index contributed by atoms with van der Waals surface area (Å²) in [7, 11) is 0. The lowest BCUT2D eigenvalue weighted by Crippen LogP contribution is -2.66. The van der Waals surface area contributed by atoms with Gasteiger partial charge in [0.05, 0.1) is 38.6 Å². The van der Waals surface area contributed by atoms with Gasteiger partial charge in [0, 0.05) is 6.42 Å². The largest absolute Gasteiger partial charge is 0.394 e. The maximum Gasteiger partial charge on any atom is 0.220 e. The van der Waals surface area contributed by atoms with Crippen LogP contribution in [-0.4, -0.2) is 193 Å². The molecule has 586 valence electrons. The first-order valence-corrected chi connectivity index (χ1v) is 40.3. The first kappa shape index (κ1) is 92.2. The summed E-state index contributed by atoms with van der Waals surface area (Å²) in [6.45, 7) is 1.60. The van der Waals surface area contributed by atoms with Crippen molar-refractivity contribution < 1.29 is 89.4 Å². The molecule has 17 unspecified atom stereocenters. The van der Waals surface area contributed by atoms with Crippen molar-refractivity contribution in [1.82, 2.24) is 5.32 Å². The van der Waals surface area contributed by atoms with E-state index in [9.17, 15) is 61.0 Å². The van der Waals surface area contributed by atoms with Crippen LogP contribution in [0.5, 0.6) is 0 Å². The highest BCUT2D eigenvalue weighted by Gasteiger charge is 2.54. The van der Waals surface area contributed by atoms with Crippen LogP contribution < -0.4 is 5.32 Å². The Balaban J connectivity index is 1.31. The van der Waals surface area contributed by atoms with Crippen LogP contribution in [0.4, 0.5) is 0 Å². The van der Waals surface area contributed by atoms with Gasteiger partial charge in [-0.15, -0.1) is 0 Å². The standard InChI is InChI=1S/C82H145NO18/c1-3-5-7-9-11-13-15-17-19-21-22-23-24-25-26-27-28-29-30-31-32-33-34-35-36-37-38-39-40-41-42-44-46-48-50-52-54-56-58-60-70(88)83-65(66(87)59-57-55-53-51-49-47-45-43-20-18-16-14-12-10-8-6-4-2)64-96-80-76(94)73(91)78(68(62-85)98-80)101-82-77(95)74(92)79(69(63-86)99-82)100-81-75(93)72(90)71(89)67(61-84)97-81/h5,7,11,13,17,19-20,22-23,43,49,51,57,59,65-69,71-82,84-87,89-95H,3-4,6,8-10,12,14-16,18,21,24-42,44-48,50,52-56,58,60-64H2,1-2H3,(H,83,88)/b7-5-,13-11-,19-17-,23-22-,43-20+,51-49+,59-57+. The van der Waals surface area contributed by atoms with Crippen LogP contribution in [0.1, 0.15) is 296 Å². The van der Waals surface area contributed by atoms with E-state index in [1.807, 2.05) is 6.08 Å². The number of hydrogen-bond acceptors (Lipinski definition) is 18. The molecule has 0 radical (unpaired) electrons. The Kier molecular flexibility index (Phi) is 56.6. The van der Waals surface area contributed by atoms with Crippen molar-refractivity contribution in [1.29, 1.82) is 0 Å². The van der Waals surface area contributed by atoms with Crippen LogP contribution in [0.3, 0.4) is 0 Å². The zero-order valence-corrected chi connectivity index (χ0v) is 62.6. The lowest BCUT2D eigenvalue weighted by molar-refractivity contribution is -0.379. The Bertz CT molecular complexity index is 2150. The molecule has 3 saturated heterocycles. The summed E-state index contributed by atoms with van der Waals surface area (Å²) in [5, 5.41) is 121. The first-order chi connectivity index (χ1) is 49.3. The molecule has 0 saturated carbocycles. The SMILES string of the molecule is CC/C=C\C/C=C\C/C=C\C/C=C\CCCCCCCCCCCCCCCCCCCCCCCCCCCCC(=O)NC(COC1OC(CO)C(OC2OC(CO)C(OC3OC(CO)C(O)C(O)C3O)C(O)C2O)C(O)C1O)C(O)/C=C/CC/C=C/CC/C=C/CCCCCCCCC. The van der Waals surface area contributed by atoms with E-state index in [2.05, 4.69) is 92.1 Å². The Labute approximate surface area is 610 Å². The minimum atomic E-state index is -1.98. The van der Waals surface area contributed by atoms with Crippen molar-refractivity contribution in [3.05, 3.63) is 85.1 Å². The van der Waals surface area contributed by atoms with Crippen molar-refractivity contribution in [2.45, 2.75) is 401 Å². The molecule has 19 heteroatoms. The number of ether oxygens (including phenoxy) is 6.